The number of aromatic nitrogens is 2. The van der Waals surface area contributed by atoms with E-state index in [1.54, 1.807) is 0 Å². The van der Waals surface area contributed by atoms with E-state index in [1.807, 2.05) is 49.7 Å². The Balaban J connectivity index is 0.000000396. The monoisotopic (exact) mass is 240 g/mol. The highest BCUT2D eigenvalue weighted by molar-refractivity contribution is 9.10. The van der Waals surface area contributed by atoms with E-state index in [0.717, 1.165) is 15.8 Å². The van der Waals surface area contributed by atoms with Gasteiger partial charge in [0, 0.05) is 18.1 Å². The van der Waals surface area contributed by atoms with Crippen LogP contribution >= 0.6 is 15.9 Å². The molecule has 0 unspecified atom stereocenters. The molecule has 70 valence electrons. The summed E-state index contributed by atoms with van der Waals surface area (Å²) >= 11 is 3.43. The third kappa shape index (κ3) is 1.91. The Morgan fingerprint density at radius 2 is 2.08 bits per heavy atom. The van der Waals surface area contributed by atoms with Gasteiger partial charge in [-0.25, -0.2) is 4.98 Å². The summed E-state index contributed by atoms with van der Waals surface area (Å²) in [4.78, 5) is 4.23. The Kier molecular flexibility index (Phi) is 3.48. The molecule has 0 aromatic carbocycles. The van der Waals surface area contributed by atoms with Crippen LogP contribution < -0.4 is 0 Å². The number of halogens is 1. The topological polar surface area (TPSA) is 17.3 Å². The van der Waals surface area contributed by atoms with E-state index >= 15 is 0 Å². The molecule has 0 amide bonds. The molecule has 13 heavy (non-hydrogen) atoms. The van der Waals surface area contributed by atoms with Crippen molar-refractivity contribution < 1.29 is 0 Å². The van der Waals surface area contributed by atoms with Crippen molar-refractivity contribution in [2.45, 2.75) is 20.8 Å². The van der Waals surface area contributed by atoms with Crippen LogP contribution in [-0.4, -0.2) is 9.38 Å². The third-order valence-electron chi connectivity index (χ3n) is 1.67. The van der Waals surface area contributed by atoms with Crippen LogP contribution in [0.1, 0.15) is 19.5 Å². The molecule has 0 atom stereocenters. The highest BCUT2D eigenvalue weighted by Crippen LogP contribution is 2.16. The Morgan fingerprint density at radius 1 is 1.38 bits per heavy atom. The normalized spacial score (nSPS) is 9.54. The van der Waals surface area contributed by atoms with Crippen molar-refractivity contribution in [1.82, 2.24) is 9.38 Å². The molecular formula is C10H13BrN2. The zero-order valence-electron chi connectivity index (χ0n) is 8.08. The molecule has 2 aromatic rings. The second kappa shape index (κ2) is 4.42. The number of hydrogen-bond acceptors (Lipinski definition) is 1. The molecule has 0 aliphatic rings. The largest absolute Gasteiger partial charge is 0.303 e. The van der Waals surface area contributed by atoms with Crippen LogP contribution in [0.5, 0.6) is 0 Å². The molecule has 0 N–H and O–H groups in total. The Labute approximate surface area is 86.7 Å². The Bertz CT molecular complexity index is 393. The van der Waals surface area contributed by atoms with Gasteiger partial charge in [-0.05, 0) is 35.0 Å². The van der Waals surface area contributed by atoms with Crippen LogP contribution in [0, 0.1) is 6.92 Å². The van der Waals surface area contributed by atoms with Crippen LogP contribution in [0.15, 0.2) is 29.0 Å². The van der Waals surface area contributed by atoms with Gasteiger partial charge in [0.25, 0.3) is 0 Å². The van der Waals surface area contributed by atoms with Crippen molar-refractivity contribution in [1.29, 1.82) is 0 Å². The minimum atomic E-state index is 0.977. The van der Waals surface area contributed by atoms with Gasteiger partial charge >= 0.3 is 0 Å². The molecule has 0 saturated carbocycles. The number of nitrogens with zero attached hydrogens (tertiary/aromatic N) is 2. The first-order valence-electron chi connectivity index (χ1n) is 4.37. The molecule has 0 radical (unpaired) electrons. The summed E-state index contributed by atoms with van der Waals surface area (Å²) in [7, 11) is 0. The van der Waals surface area contributed by atoms with Gasteiger partial charge in [0.1, 0.15) is 0 Å². The molecule has 0 saturated heterocycles. The van der Waals surface area contributed by atoms with Crippen molar-refractivity contribution in [3.63, 3.8) is 0 Å². The van der Waals surface area contributed by atoms with Crippen molar-refractivity contribution in [2.75, 3.05) is 0 Å². The molecule has 2 aromatic heterocycles. The fourth-order valence-electron chi connectivity index (χ4n) is 1.10. The van der Waals surface area contributed by atoms with Gasteiger partial charge in [-0.15, -0.1) is 0 Å². The number of hydrogen-bond donors (Lipinski definition) is 0. The lowest BCUT2D eigenvalue weighted by atomic mass is 10.4. The smallest absolute Gasteiger partial charge is 0.151 e. The standard InChI is InChI=1S/C8H7BrN2.C2H6/c1-6-5-10-8-7(9)3-2-4-11(6)8;1-2/h2-5H,1H3;1-2H3. The molecular weight excluding hydrogens is 228 g/mol. The molecule has 2 nitrogen and oxygen atoms in total. The van der Waals surface area contributed by atoms with E-state index < -0.39 is 0 Å². The lowest BCUT2D eigenvalue weighted by molar-refractivity contribution is 1.10. The van der Waals surface area contributed by atoms with Gasteiger partial charge in [0.2, 0.25) is 0 Å². The summed E-state index contributed by atoms with van der Waals surface area (Å²) in [6.07, 6.45) is 3.86. The summed E-state index contributed by atoms with van der Waals surface area (Å²) in [6, 6.07) is 3.98. The number of pyridine rings is 1. The lowest BCUT2D eigenvalue weighted by Crippen LogP contribution is -1.85. The van der Waals surface area contributed by atoms with E-state index in [0.29, 0.717) is 0 Å². The Hall–Kier alpha value is -0.830. The average molecular weight is 241 g/mol. The molecule has 0 fully saturated rings. The SMILES string of the molecule is CC.Cc1cnc2c(Br)cccn12. The Morgan fingerprint density at radius 3 is 2.69 bits per heavy atom. The molecule has 2 heterocycles. The van der Waals surface area contributed by atoms with E-state index in [9.17, 15) is 0 Å². The van der Waals surface area contributed by atoms with Gasteiger partial charge in [0.05, 0.1) is 4.47 Å². The van der Waals surface area contributed by atoms with Gasteiger partial charge < -0.3 is 4.40 Å². The van der Waals surface area contributed by atoms with Gasteiger partial charge in [-0.1, -0.05) is 13.8 Å². The number of aryl methyl sites for hydroxylation is 1. The summed E-state index contributed by atoms with van der Waals surface area (Å²) < 4.78 is 3.08. The quantitative estimate of drug-likeness (QED) is 0.690. The predicted octanol–water partition coefficient (Wildman–Crippen LogP) is 3.43. The highest BCUT2D eigenvalue weighted by atomic mass is 79.9. The van der Waals surface area contributed by atoms with E-state index in [2.05, 4.69) is 20.9 Å². The predicted molar refractivity (Wildman–Crippen MR) is 59.0 cm³/mol. The van der Waals surface area contributed by atoms with Gasteiger partial charge in [0.15, 0.2) is 5.65 Å². The molecule has 0 aliphatic heterocycles. The molecule has 3 heteroatoms. The van der Waals surface area contributed by atoms with Gasteiger partial charge in [-0.2, -0.15) is 0 Å². The highest BCUT2D eigenvalue weighted by Gasteiger charge is 1.99. The lowest BCUT2D eigenvalue weighted by Gasteiger charge is -1.95. The van der Waals surface area contributed by atoms with Crippen molar-refractivity contribution in [3.05, 3.63) is 34.7 Å². The maximum atomic E-state index is 4.23. The summed E-state index contributed by atoms with van der Waals surface area (Å²) in [5, 5.41) is 0. The van der Waals surface area contributed by atoms with Crippen LogP contribution in [0.3, 0.4) is 0 Å². The average Bonchev–Trinajstić information content (AvgIpc) is 2.53. The fraction of sp³-hybridized carbons (Fsp3) is 0.300. The molecule has 2 rings (SSSR count). The molecule has 0 aliphatic carbocycles. The minimum absolute atomic E-state index is 0.977. The van der Waals surface area contributed by atoms with Crippen LogP contribution in [0.4, 0.5) is 0 Å². The maximum Gasteiger partial charge on any atom is 0.151 e. The third-order valence-corrected chi connectivity index (χ3v) is 2.29. The first kappa shape index (κ1) is 10.3. The number of fused-ring (bicyclic) bond motifs is 1. The zero-order chi connectivity index (χ0) is 9.84. The summed E-state index contributed by atoms with van der Waals surface area (Å²) in [6.45, 7) is 6.03. The van der Waals surface area contributed by atoms with Crippen molar-refractivity contribution in [3.8, 4) is 0 Å². The zero-order valence-corrected chi connectivity index (χ0v) is 9.67. The van der Waals surface area contributed by atoms with E-state index in [1.165, 1.54) is 0 Å². The second-order valence-electron chi connectivity index (χ2n) is 2.45. The van der Waals surface area contributed by atoms with Crippen molar-refractivity contribution in [2.24, 2.45) is 0 Å². The van der Waals surface area contributed by atoms with Crippen LogP contribution in [-0.2, 0) is 0 Å². The van der Waals surface area contributed by atoms with E-state index in [-0.39, 0.29) is 0 Å². The van der Waals surface area contributed by atoms with E-state index in [4.69, 9.17) is 0 Å². The number of imidazole rings is 1. The van der Waals surface area contributed by atoms with Crippen LogP contribution in [0.2, 0.25) is 0 Å². The fourth-order valence-corrected chi connectivity index (χ4v) is 1.55. The second-order valence-corrected chi connectivity index (χ2v) is 3.30. The number of rotatable bonds is 0. The first-order valence-corrected chi connectivity index (χ1v) is 5.16. The van der Waals surface area contributed by atoms with Gasteiger partial charge in [-0.3, -0.25) is 0 Å². The maximum absolute atomic E-state index is 4.23. The minimum Gasteiger partial charge on any atom is -0.303 e. The first-order chi connectivity index (χ1) is 6.29. The molecule has 0 spiro atoms. The summed E-state index contributed by atoms with van der Waals surface area (Å²) in [5.41, 5.74) is 2.13. The van der Waals surface area contributed by atoms with Crippen LogP contribution in [0.25, 0.3) is 5.65 Å². The van der Waals surface area contributed by atoms with Crippen molar-refractivity contribution >= 4 is 21.6 Å². The molecule has 0 bridgehead atoms. The summed E-state index contributed by atoms with van der Waals surface area (Å²) in [5.74, 6) is 0.